The van der Waals surface area contributed by atoms with Crippen LogP contribution in [0.25, 0.3) is 0 Å². The number of nitrogens with one attached hydrogen (secondary N) is 1. The smallest absolute Gasteiger partial charge is 0.242 e. The summed E-state index contributed by atoms with van der Waals surface area (Å²) in [6, 6.07) is 10.8. The molecule has 7 nitrogen and oxygen atoms in total. The van der Waals surface area contributed by atoms with Gasteiger partial charge in [-0.3, -0.25) is 13.9 Å². The third-order valence-electron chi connectivity index (χ3n) is 6.01. The standard InChI is InChI=1S/C26H36FN3O4S/c1-6-16-28-26(32)21(4)29(18-22-12-7-8-13-23(22)27)25(31)15-10-17-30(35(5,33)34)24-14-9-11-19(2)20(24)3/h7-9,11-14,21H,6,10,15-18H2,1-5H3,(H,28,32)/t21-/m1/s1. The Hall–Kier alpha value is -2.94. The highest BCUT2D eigenvalue weighted by Gasteiger charge is 2.27. The maximum atomic E-state index is 14.3. The molecule has 9 heteroatoms. The highest BCUT2D eigenvalue weighted by atomic mass is 32.2. The molecule has 0 aliphatic heterocycles. The fraction of sp³-hybridized carbons (Fsp3) is 0.462. The molecular weight excluding hydrogens is 469 g/mol. The summed E-state index contributed by atoms with van der Waals surface area (Å²) in [5, 5.41) is 2.78. The number of anilines is 1. The monoisotopic (exact) mass is 505 g/mol. The van der Waals surface area contributed by atoms with E-state index < -0.39 is 21.9 Å². The van der Waals surface area contributed by atoms with E-state index >= 15 is 0 Å². The summed E-state index contributed by atoms with van der Waals surface area (Å²) in [6.45, 7) is 7.84. The predicted octanol–water partition coefficient (Wildman–Crippen LogP) is 3.93. The van der Waals surface area contributed by atoms with Crippen LogP contribution in [0.1, 0.15) is 49.8 Å². The molecule has 1 atom stereocenters. The summed E-state index contributed by atoms with van der Waals surface area (Å²) < 4.78 is 40.7. The maximum Gasteiger partial charge on any atom is 0.242 e. The van der Waals surface area contributed by atoms with Crippen molar-refractivity contribution >= 4 is 27.5 Å². The van der Waals surface area contributed by atoms with Crippen molar-refractivity contribution in [1.29, 1.82) is 0 Å². The number of halogens is 1. The largest absolute Gasteiger partial charge is 0.354 e. The first-order chi connectivity index (χ1) is 16.5. The van der Waals surface area contributed by atoms with Crippen molar-refractivity contribution in [3.63, 3.8) is 0 Å². The van der Waals surface area contributed by atoms with Gasteiger partial charge in [0.25, 0.3) is 0 Å². The molecule has 1 N–H and O–H groups in total. The summed E-state index contributed by atoms with van der Waals surface area (Å²) in [7, 11) is -3.57. The molecule has 0 aliphatic carbocycles. The van der Waals surface area contributed by atoms with Gasteiger partial charge in [0.2, 0.25) is 21.8 Å². The van der Waals surface area contributed by atoms with Crippen molar-refractivity contribution in [2.24, 2.45) is 0 Å². The number of carbonyl (C=O) groups is 2. The number of amides is 2. The Bertz CT molecular complexity index is 1140. The van der Waals surface area contributed by atoms with Crippen molar-refractivity contribution in [3.8, 4) is 0 Å². The van der Waals surface area contributed by atoms with Crippen LogP contribution in [0, 0.1) is 19.7 Å². The minimum atomic E-state index is -3.57. The molecule has 2 aromatic carbocycles. The molecule has 0 spiro atoms. The van der Waals surface area contributed by atoms with Crippen LogP contribution in [0.15, 0.2) is 42.5 Å². The molecule has 0 saturated carbocycles. The van der Waals surface area contributed by atoms with Gasteiger partial charge in [0, 0.05) is 31.6 Å². The van der Waals surface area contributed by atoms with E-state index in [0.29, 0.717) is 17.8 Å². The van der Waals surface area contributed by atoms with Crippen molar-refractivity contribution in [1.82, 2.24) is 10.2 Å². The van der Waals surface area contributed by atoms with E-state index in [1.807, 2.05) is 26.8 Å². The lowest BCUT2D eigenvalue weighted by Gasteiger charge is -2.30. The van der Waals surface area contributed by atoms with Gasteiger partial charge in [0.05, 0.1) is 11.9 Å². The molecule has 192 valence electrons. The minimum Gasteiger partial charge on any atom is -0.354 e. The van der Waals surface area contributed by atoms with Crippen molar-refractivity contribution in [3.05, 3.63) is 65.0 Å². The van der Waals surface area contributed by atoms with Crippen LogP contribution < -0.4 is 9.62 Å². The molecular formula is C26H36FN3O4S. The quantitative estimate of drug-likeness (QED) is 0.474. The molecule has 2 rings (SSSR count). The summed E-state index contributed by atoms with van der Waals surface area (Å²) in [6.07, 6.45) is 2.15. The lowest BCUT2D eigenvalue weighted by atomic mass is 10.1. The number of carbonyl (C=O) groups excluding carboxylic acids is 2. The van der Waals surface area contributed by atoms with Gasteiger partial charge in [-0.2, -0.15) is 0 Å². The lowest BCUT2D eigenvalue weighted by Crippen LogP contribution is -2.48. The second-order valence-corrected chi connectivity index (χ2v) is 10.6. The number of benzene rings is 2. The zero-order chi connectivity index (χ0) is 26.2. The number of rotatable bonds is 12. The number of sulfonamides is 1. The highest BCUT2D eigenvalue weighted by Crippen LogP contribution is 2.25. The van der Waals surface area contributed by atoms with Crippen LogP contribution in [0.5, 0.6) is 0 Å². The average Bonchev–Trinajstić information content (AvgIpc) is 2.80. The first-order valence-electron chi connectivity index (χ1n) is 11.8. The molecule has 0 unspecified atom stereocenters. The molecule has 0 radical (unpaired) electrons. The number of nitrogens with zero attached hydrogens (tertiary/aromatic N) is 2. The van der Waals surface area contributed by atoms with Crippen LogP contribution >= 0.6 is 0 Å². The van der Waals surface area contributed by atoms with Gasteiger partial charge >= 0.3 is 0 Å². The normalized spacial score (nSPS) is 12.2. The van der Waals surface area contributed by atoms with E-state index in [0.717, 1.165) is 23.8 Å². The summed E-state index contributed by atoms with van der Waals surface area (Å²) >= 11 is 0. The molecule has 0 heterocycles. The number of hydrogen-bond acceptors (Lipinski definition) is 4. The Morgan fingerprint density at radius 1 is 1.09 bits per heavy atom. The second kappa shape index (κ2) is 12.7. The lowest BCUT2D eigenvalue weighted by molar-refractivity contribution is -0.140. The average molecular weight is 506 g/mol. The fourth-order valence-corrected chi connectivity index (χ4v) is 4.79. The van der Waals surface area contributed by atoms with Gasteiger partial charge < -0.3 is 10.2 Å². The number of hydrogen-bond donors (Lipinski definition) is 1. The Morgan fingerprint density at radius 2 is 1.77 bits per heavy atom. The molecule has 0 aliphatic rings. The van der Waals surface area contributed by atoms with Gasteiger partial charge in [0.15, 0.2) is 0 Å². The van der Waals surface area contributed by atoms with E-state index in [9.17, 15) is 22.4 Å². The van der Waals surface area contributed by atoms with E-state index in [4.69, 9.17) is 0 Å². The van der Waals surface area contributed by atoms with Crippen molar-refractivity contribution in [2.45, 2.75) is 59.5 Å². The summed E-state index contributed by atoms with van der Waals surface area (Å²) in [5.41, 5.74) is 2.71. The first kappa shape index (κ1) is 28.3. The minimum absolute atomic E-state index is 0.0106. The Balaban J connectivity index is 2.20. The summed E-state index contributed by atoms with van der Waals surface area (Å²) in [4.78, 5) is 27.2. The van der Waals surface area contributed by atoms with Crippen LogP contribution in [0.2, 0.25) is 0 Å². The molecule has 0 saturated heterocycles. The molecule has 0 fully saturated rings. The molecule has 2 aromatic rings. The molecule has 0 aromatic heterocycles. The molecule has 35 heavy (non-hydrogen) atoms. The van der Waals surface area contributed by atoms with Crippen LogP contribution in [-0.4, -0.2) is 50.5 Å². The maximum absolute atomic E-state index is 14.3. The van der Waals surface area contributed by atoms with Crippen molar-refractivity contribution in [2.75, 3.05) is 23.7 Å². The first-order valence-corrected chi connectivity index (χ1v) is 13.7. The van der Waals surface area contributed by atoms with Crippen LogP contribution in [0.3, 0.4) is 0 Å². The van der Waals surface area contributed by atoms with Gasteiger partial charge in [-0.1, -0.05) is 37.3 Å². The van der Waals surface area contributed by atoms with E-state index in [2.05, 4.69) is 5.32 Å². The van der Waals surface area contributed by atoms with E-state index in [1.54, 1.807) is 37.3 Å². The zero-order valence-corrected chi connectivity index (χ0v) is 22.0. The van der Waals surface area contributed by atoms with Gasteiger partial charge in [-0.05, 0) is 56.9 Å². The fourth-order valence-electron chi connectivity index (χ4n) is 3.78. The second-order valence-electron chi connectivity index (χ2n) is 8.74. The van der Waals surface area contributed by atoms with Gasteiger partial charge in [0.1, 0.15) is 11.9 Å². The van der Waals surface area contributed by atoms with Gasteiger partial charge in [-0.15, -0.1) is 0 Å². The van der Waals surface area contributed by atoms with Crippen LogP contribution in [-0.2, 0) is 26.2 Å². The van der Waals surface area contributed by atoms with E-state index in [1.165, 1.54) is 15.3 Å². The Kier molecular flexibility index (Phi) is 10.2. The predicted molar refractivity (Wildman–Crippen MR) is 137 cm³/mol. The highest BCUT2D eigenvalue weighted by molar-refractivity contribution is 7.92. The van der Waals surface area contributed by atoms with Crippen molar-refractivity contribution < 1.29 is 22.4 Å². The molecule has 0 bridgehead atoms. The Labute approximate surface area is 208 Å². The SMILES string of the molecule is CCCNC(=O)[C@@H](C)N(Cc1ccccc1F)C(=O)CCCN(c1cccc(C)c1C)S(C)(=O)=O. The summed E-state index contributed by atoms with van der Waals surface area (Å²) in [5.74, 6) is -1.11. The van der Waals surface area contributed by atoms with Gasteiger partial charge in [-0.25, -0.2) is 12.8 Å². The molecule has 2 amide bonds. The Morgan fingerprint density at radius 3 is 2.40 bits per heavy atom. The number of aryl methyl sites for hydroxylation is 1. The topological polar surface area (TPSA) is 86.8 Å². The zero-order valence-electron chi connectivity index (χ0n) is 21.2. The third kappa shape index (κ3) is 7.78. The third-order valence-corrected chi connectivity index (χ3v) is 7.19. The van der Waals surface area contributed by atoms with Crippen LogP contribution in [0.4, 0.5) is 10.1 Å². The van der Waals surface area contributed by atoms with E-state index in [-0.39, 0.29) is 37.7 Å².